The molecule has 1 heterocycles. The van der Waals surface area contributed by atoms with Crippen LogP contribution >= 0.6 is 7.26 Å². The predicted octanol–water partition coefficient (Wildman–Crippen LogP) is 4.77. The third-order valence-corrected chi connectivity index (χ3v) is 9.69. The number of anilines is 1. The molecule has 2 nitrogen and oxygen atoms in total. The van der Waals surface area contributed by atoms with Crippen LogP contribution in [0.25, 0.3) is 0 Å². The Morgan fingerprint density at radius 1 is 1.09 bits per heavy atom. The Kier molecular flexibility index (Phi) is 8.20. The molecule has 0 atom stereocenters. The Balaban J connectivity index is 0.00000242. The van der Waals surface area contributed by atoms with E-state index in [2.05, 4.69) is 45.1 Å². The van der Waals surface area contributed by atoms with Crippen molar-refractivity contribution in [1.82, 2.24) is 0 Å². The van der Waals surface area contributed by atoms with Crippen LogP contribution in [0.1, 0.15) is 42.9 Å². The second-order valence-electron chi connectivity index (χ2n) is 6.65. The molecular formula is C18H29NOPY+. The maximum absolute atomic E-state index is 12.6. The number of hydrogen-bond acceptors (Lipinski definition) is 1. The van der Waals surface area contributed by atoms with Crippen LogP contribution in [0.3, 0.4) is 0 Å². The summed E-state index contributed by atoms with van der Waals surface area (Å²) >= 11 is 0. The minimum Gasteiger partial charge on any atom is -0.322 e. The van der Waals surface area contributed by atoms with E-state index in [1.54, 1.807) is 0 Å². The van der Waals surface area contributed by atoms with Gasteiger partial charge in [0.25, 0.3) is 5.91 Å². The summed E-state index contributed by atoms with van der Waals surface area (Å²) in [5.41, 5.74) is 4.63. The molecule has 0 spiro atoms. The number of carbonyl (C=O) groups excluding carboxylic acids is 1. The molecule has 0 bridgehead atoms. The van der Waals surface area contributed by atoms with Gasteiger partial charge < -0.3 is 5.32 Å². The van der Waals surface area contributed by atoms with Crippen LogP contribution in [-0.4, -0.2) is 30.6 Å². The van der Waals surface area contributed by atoms with Gasteiger partial charge in [0.15, 0.2) is 0 Å². The zero-order valence-corrected chi connectivity index (χ0v) is 18.3. The van der Waals surface area contributed by atoms with Crippen molar-refractivity contribution in [3.8, 4) is 0 Å². The van der Waals surface area contributed by atoms with Crippen molar-refractivity contribution in [2.45, 2.75) is 47.0 Å². The number of nitrogens with one attached hydrogen (secondary N) is 1. The fourth-order valence-electron chi connectivity index (χ4n) is 3.63. The van der Waals surface area contributed by atoms with Crippen LogP contribution < -0.4 is 5.32 Å². The van der Waals surface area contributed by atoms with E-state index in [1.807, 2.05) is 0 Å². The zero-order valence-electron chi connectivity index (χ0n) is 14.5. The third kappa shape index (κ3) is 5.12. The molecule has 0 unspecified atom stereocenters. The van der Waals surface area contributed by atoms with Crippen LogP contribution in [0.4, 0.5) is 5.69 Å². The average Bonchev–Trinajstić information content (AvgIpc) is 2.44. The fraction of sp³-hybridized carbons (Fsp3) is 0.611. The van der Waals surface area contributed by atoms with Gasteiger partial charge >= 0.3 is 0 Å². The van der Waals surface area contributed by atoms with Crippen molar-refractivity contribution in [2.24, 2.45) is 0 Å². The van der Waals surface area contributed by atoms with E-state index in [-0.39, 0.29) is 38.6 Å². The maximum Gasteiger partial charge on any atom is 0.261 e. The maximum atomic E-state index is 12.6. The Labute approximate surface area is 161 Å². The van der Waals surface area contributed by atoms with Gasteiger partial charge in [0.2, 0.25) is 0 Å². The summed E-state index contributed by atoms with van der Waals surface area (Å²) in [6, 6.07) is 4.29. The van der Waals surface area contributed by atoms with Gasteiger partial charge in [0, 0.05) is 45.7 Å². The first kappa shape index (κ1) is 20.3. The molecule has 119 valence electrons. The summed E-state index contributed by atoms with van der Waals surface area (Å²) in [6.07, 6.45) is 8.68. The minimum atomic E-state index is -1.02. The van der Waals surface area contributed by atoms with E-state index in [0.29, 0.717) is 0 Å². The van der Waals surface area contributed by atoms with Crippen molar-refractivity contribution in [2.75, 3.05) is 30.0 Å². The van der Waals surface area contributed by atoms with Crippen molar-refractivity contribution in [3.63, 3.8) is 0 Å². The molecule has 1 radical (unpaired) electrons. The minimum absolute atomic E-state index is 0. The van der Waals surface area contributed by atoms with E-state index in [1.165, 1.54) is 54.4 Å². The van der Waals surface area contributed by atoms with Crippen LogP contribution in [0.15, 0.2) is 12.1 Å². The standard InChI is InChI=1S/C18H28NOP.Y/c1-5-21(9-7-6-8-10-21)13-17(20)19-18-15(3)11-14(2)12-16(18)4;/h11-12H,5-10,13H2,1-4H3;/p+1. The fourth-order valence-corrected chi connectivity index (χ4v) is 7.50. The molecule has 1 amide bonds. The van der Waals surface area contributed by atoms with E-state index in [0.717, 1.165) is 11.8 Å². The average molecular weight is 395 g/mol. The summed E-state index contributed by atoms with van der Waals surface area (Å²) in [4.78, 5) is 12.6. The van der Waals surface area contributed by atoms with E-state index in [4.69, 9.17) is 0 Å². The third-order valence-electron chi connectivity index (χ3n) is 4.86. The normalized spacial score (nSPS) is 16.7. The quantitative estimate of drug-likeness (QED) is 0.732. The summed E-state index contributed by atoms with van der Waals surface area (Å²) < 4.78 is 0. The molecular weight excluding hydrogens is 366 g/mol. The first-order valence-electron chi connectivity index (χ1n) is 8.18. The number of benzene rings is 1. The number of carbonyl (C=O) groups is 1. The number of hydrogen-bond donors (Lipinski definition) is 1. The number of aryl methyl sites for hydroxylation is 3. The first-order valence-corrected chi connectivity index (χ1v) is 10.7. The molecule has 1 aromatic rings. The topological polar surface area (TPSA) is 29.1 Å². The predicted molar refractivity (Wildman–Crippen MR) is 95.2 cm³/mol. The van der Waals surface area contributed by atoms with Crippen molar-refractivity contribution >= 4 is 18.9 Å². The van der Waals surface area contributed by atoms with Gasteiger partial charge in [-0.3, -0.25) is 4.79 Å². The van der Waals surface area contributed by atoms with Crippen LogP contribution in [0.5, 0.6) is 0 Å². The van der Waals surface area contributed by atoms with Crippen molar-refractivity contribution in [1.29, 1.82) is 0 Å². The molecule has 1 saturated heterocycles. The largest absolute Gasteiger partial charge is 0.322 e. The van der Waals surface area contributed by atoms with E-state index >= 15 is 0 Å². The molecule has 2 rings (SSSR count). The van der Waals surface area contributed by atoms with Gasteiger partial charge in [0.1, 0.15) is 6.16 Å². The van der Waals surface area contributed by atoms with E-state index < -0.39 is 7.26 Å². The summed E-state index contributed by atoms with van der Waals surface area (Å²) in [7, 11) is -1.02. The molecule has 0 aromatic heterocycles. The van der Waals surface area contributed by atoms with Gasteiger partial charge in [0.05, 0.1) is 18.5 Å². The molecule has 1 aliphatic heterocycles. The number of rotatable bonds is 4. The number of amides is 1. The SMILES string of the molecule is CC[P+]1(CC(=O)Nc2c(C)cc(C)cc2C)CCCCC1.[Y]. The van der Waals surface area contributed by atoms with Crippen LogP contribution in [0, 0.1) is 20.8 Å². The van der Waals surface area contributed by atoms with Gasteiger partial charge in [-0.25, -0.2) is 0 Å². The van der Waals surface area contributed by atoms with Crippen LogP contribution in [0.2, 0.25) is 0 Å². The molecule has 0 saturated carbocycles. The Morgan fingerprint density at radius 2 is 1.64 bits per heavy atom. The zero-order chi connectivity index (χ0) is 15.5. The second kappa shape index (κ2) is 8.90. The van der Waals surface area contributed by atoms with Gasteiger partial charge in [-0.15, -0.1) is 0 Å². The molecule has 4 heteroatoms. The molecule has 1 fully saturated rings. The summed E-state index contributed by atoms with van der Waals surface area (Å²) in [6.45, 7) is 8.56. The molecule has 1 N–H and O–H groups in total. The Hall–Kier alpha value is 0.224. The summed E-state index contributed by atoms with van der Waals surface area (Å²) in [5.74, 6) is 0.238. The monoisotopic (exact) mass is 395 g/mol. The molecule has 0 aliphatic carbocycles. The van der Waals surface area contributed by atoms with Gasteiger partial charge in [-0.1, -0.05) is 17.7 Å². The smallest absolute Gasteiger partial charge is 0.261 e. The van der Waals surface area contributed by atoms with Crippen molar-refractivity contribution in [3.05, 3.63) is 28.8 Å². The van der Waals surface area contributed by atoms with Gasteiger partial charge in [-0.2, -0.15) is 0 Å². The van der Waals surface area contributed by atoms with Gasteiger partial charge in [-0.05, 0) is 58.1 Å². The Bertz CT molecular complexity index is 501. The first-order chi connectivity index (χ1) is 9.96. The van der Waals surface area contributed by atoms with Crippen molar-refractivity contribution < 1.29 is 37.5 Å². The molecule has 1 aliphatic rings. The van der Waals surface area contributed by atoms with E-state index in [9.17, 15) is 4.79 Å². The Morgan fingerprint density at radius 3 is 2.14 bits per heavy atom. The summed E-state index contributed by atoms with van der Waals surface area (Å²) in [5, 5.41) is 3.20. The second-order valence-corrected chi connectivity index (χ2v) is 11.2. The molecule has 1 aromatic carbocycles. The van der Waals surface area contributed by atoms with Crippen LogP contribution in [-0.2, 0) is 37.5 Å². The molecule has 22 heavy (non-hydrogen) atoms.